The summed E-state index contributed by atoms with van der Waals surface area (Å²) >= 11 is 0. The molecule has 0 fully saturated rings. The minimum absolute atomic E-state index is 0.233. The van der Waals surface area contributed by atoms with Gasteiger partial charge in [-0.1, -0.05) is 84.9 Å². The van der Waals surface area contributed by atoms with Crippen LogP contribution < -0.4 is 0 Å². The van der Waals surface area contributed by atoms with Gasteiger partial charge < -0.3 is 10.2 Å². The molecule has 2 N–H and O–H groups in total. The van der Waals surface area contributed by atoms with Gasteiger partial charge in [0.25, 0.3) is 0 Å². The van der Waals surface area contributed by atoms with Crippen molar-refractivity contribution in [3.8, 4) is 33.8 Å². The van der Waals surface area contributed by atoms with Gasteiger partial charge in [0.1, 0.15) is 11.5 Å². The number of phenolic OH excluding ortho intramolecular Hbond substituents is 2. The van der Waals surface area contributed by atoms with E-state index >= 15 is 0 Å². The van der Waals surface area contributed by atoms with Gasteiger partial charge in [0.2, 0.25) is 0 Å². The Kier molecular flexibility index (Phi) is 6.66. The lowest BCUT2D eigenvalue weighted by Crippen LogP contribution is -2.05. The van der Waals surface area contributed by atoms with Crippen molar-refractivity contribution in [1.29, 1.82) is 0 Å². The number of phenols is 2. The van der Waals surface area contributed by atoms with Gasteiger partial charge >= 0.3 is 0 Å². The van der Waals surface area contributed by atoms with Crippen molar-refractivity contribution in [2.45, 2.75) is 19.6 Å². The SMILES string of the molecule is Oc1ccc(S(c2ccc(O)cc2)(c2ccc(-c3ccccc3)cc2)c2ccc(-c3ccccc3)cc2)cc1. The van der Waals surface area contributed by atoms with Crippen LogP contribution in [0, 0.1) is 0 Å². The monoisotopic (exact) mass is 524 g/mol. The highest BCUT2D eigenvalue weighted by molar-refractivity contribution is 8.34. The van der Waals surface area contributed by atoms with E-state index in [1.165, 1.54) is 20.9 Å². The van der Waals surface area contributed by atoms with E-state index in [-0.39, 0.29) is 11.5 Å². The highest BCUT2D eigenvalue weighted by Gasteiger charge is 2.33. The summed E-state index contributed by atoms with van der Waals surface area (Å²) in [6.45, 7) is 0. The molecule has 0 aliphatic rings. The molecule has 0 spiro atoms. The zero-order chi connectivity index (χ0) is 26.7. The Bertz CT molecular complexity index is 1530. The first-order chi connectivity index (χ1) is 19.1. The third-order valence-electron chi connectivity index (χ3n) is 7.01. The molecule has 3 heteroatoms. The summed E-state index contributed by atoms with van der Waals surface area (Å²) in [6, 6.07) is 53.5. The van der Waals surface area contributed by atoms with Gasteiger partial charge in [-0.15, -0.1) is 10.0 Å². The molecule has 6 aromatic rings. The van der Waals surface area contributed by atoms with Gasteiger partial charge in [0.15, 0.2) is 0 Å². The fourth-order valence-electron chi connectivity index (χ4n) is 5.08. The predicted octanol–water partition coefficient (Wildman–Crippen LogP) is 9.77. The van der Waals surface area contributed by atoms with Crippen LogP contribution in [-0.2, 0) is 0 Å². The molecule has 6 aromatic carbocycles. The number of rotatable bonds is 6. The van der Waals surface area contributed by atoms with E-state index in [1.807, 2.05) is 36.4 Å². The number of benzene rings is 6. The van der Waals surface area contributed by atoms with Crippen LogP contribution in [0.25, 0.3) is 22.3 Å². The van der Waals surface area contributed by atoms with Gasteiger partial charge in [-0.2, -0.15) is 0 Å². The standard InChI is InChI=1S/C36H28O2S/c37-31-15-23-35(24-16-31)39(36-25-17-32(38)18-26-36,33-19-11-29(12-20-33)27-7-3-1-4-8-27)34-21-13-30(14-22-34)28-9-5-2-6-10-28/h1-26,37-38H. The molecule has 0 aliphatic carbocycles. The van der Waals surface area contributed by atoms with Crippen molar-refractivity contribution in [3.63, 3.8) is 0 Å². The summed E-state index contributed by atoms with van der Waals surface area (Å²) in [7, 11) is -1.96. The summed E-state index contributed by atoms with van der Waals surface area (Å²) in [5.74, 6) is 0.466. The molecular weight excluding hydrogens is 496 g/mol. The van der Waals surface area contributed by atoms with Crippen LogP contribution in [0.5, 0.6) is 11.5 Å². The molecule has 2 nitrogen and oxygen atoms in total. The zero-order valence-electron chi connectivity index (χ0n) is 21.3. The fraction of sp³-hybridized carbons (Fsp3) is 0. The lowest BCUT2D eigenvalue weighted by atomic mass is 10.1. The van der Waals surface area contributed by atoms with E-state index in [9.17, 15) is 10.2 Å². The van der Waals surface area contributed by atoms with Crippen molar-refractivity contribution in [2.75, 3.05) is 0 Å². The fourth-order valence-corrected chi connectivity index (χ4v) is 8.89. The quantitative estimate of drug-likeness (QED) is 0.228. The predicted molar refractivity (Wildman–Crippen MR) is 161 cm³/mol. The molecule has 0 heterocycles. The normalized spacial score (nSPS) is 11.7. The number of hydrogen-bond donors (Lipinski definition) is 2. The summed E-state index contributed by atoms with van der Waals surface area (Å²) in [5, 5.41) is 20.3. The minimum atomic E-state index is -1.96. The van der Waals surface area contributed by atoms with E-state index in [1.54, 1.807) is 24.3 Å². The number of aromatic hydroxyl groups is 2. The van der Waals surface area contributed by atoms with Crippen LogP contribution in [0.2, 0.25) is 0 Å². The highest BCUT2D eigenvalue weighted by Crippen LogP contribution is 2.73. The summed E-state index contributed by atoms with van der Waals surface area (Å²) in [4.78, 5) is 4.55. The number of hydrogen-bond acceptors (Lipinski definition) is 2. The Morgan fingerprint density at radius 1 is 0.282 bits per heavy atom. The summed E-state index contributed by atoms with van der Waals surface area (Å²) in [6.07, 6.45) is 0. The maximum absolute atomic E-state index is 10.2. The lowest BCUT2D eigenvalue weighted by Gasteiger charge is -2.42. The van der Waals surface area contributed by atoms with Crippen LogP contribution in [-0.4, -0.2) is 10.2 Å². The second-order valence-corrected chi connectivity index (χ2v) is 12.5. The molecule has 0 unspecified atom stereocenters. The van der Waals surface area contributed by atoms with E-state index in [2.05, 4.69) is 97.1 Å². The molecule has 0 amide bonds. The first kappa shape index (κ1) is 24.6. The second kappa shape index (κ2) is 10.6. The average molecular weight is 525 g/mol. The third kappa shape index (κ3) is 4.69. The van der Waals surface area contributed by atoms with Gasteiger partial charge in [0, 0.05) is 19.6 Å². The van der Waals surface area contributed by atoms with Gasteiger partial charge in [0.05, 0.1) is 0 Å². The molecule has 0 saturated heterocycles. The molecular formula is C36H28O2S. The first-order valence-electron chi connectivity index (χ1n) is 12.9. The highest BCUT2D eigenvalue weighted by atomic mass is 32.3. The van der Waals surface area contributed by atoms with Gasteiger partial charge in [-0.3, -0.25) is 0 Å². The Labute approximate surface area is 230 Å². The van der Waals surface area contributed by atoms with E-state index in [4.69, 9.17) is 0 Å². The molecule has 0 bridgehead atoms. The minimum Gasteiger partial charge on any atom is -0.508 e. The van der Waals surface area contributed by atoms with E-state index in [0.717, 1.165) is 20.9 Å². The van der Waals surface area contributed by atoms with Crippen molar-refractivity contribution >= 4 is 10.0 Å². The van der Waals surface area contributed by atoms with Crippen LogP contribution in [0.3, 0.4) is 0 Å². The van der Waals surface area contributed by atoms with Crippen LogP contribution in [0.4, 0.5) is 0 Å². The molecule has 0 aromatic heterocycles. The topological polar surface area (TPSA) is 40.5 Å². The Balaban J connectivity index is 1.59. The Morgan fingerprint density at radius 2 is 0.538 bits per heavy atom. The van der Waals surface area contributed by atoms with Crippen molar-refractivity contribution in [2.24, 2.45) is 0 Å². The van der Waals surface area contributed by atoms with Crippen molar-refractivity contribution < 1.29 is 10.2 Å². The van der Waals surface area contributed by atoms with Gasteiger partial charge in [-0.25, -0.2) is 0 Å². The van der Waals surface area contributed by atoms with Crippen LogP contribution in [0.1, 0.15) is 0 Å². The Hall–Kier alpha value is -4.73. The molecule has 190 valence electrons. The molecule has 0 atom stereocenters. The maximum atomic E-state index is 10.2. The first-order valence-corrected chi connectivity index (χ1v) is 14.5. The molecule has 6 rings (SSSR count). The summed E-state index contributed by atoms with van der Waals surface area (Å²) in [5.41, 5.74) is 4.66. The van der Waals surface area contributed by atoms with Crippen molar-refractivity contribution in [3.05, 3.63) is 158 Å². The second-order valence-electron chi connectivity index (χ2n) is 9.38. The summed E-state index contributed by atoms with van der Waals surface area (Å²) < 4.78 is 0. The average Bonchev–Trinajstić information content (AvgIpc) is 3.01. The van der Waals surface area contributed by atoms with Crippen LogP contribution >= 0.6 is 10.0 Å². The molecule has 0 aliphatic heterocycles. The molecule has 0 radical (unpaired) electrons. The third-order valence-corrected chi connectivity index (χ3v) is 10.9. The zero-order valence-corrected chi connectivity index (χ0v) is 22.1. The molecule has 39 heavy (non-hydrogen) atoms. The Morgan fingerprint density at radius 3 is 0.846 bits per heavy atom. The largest absolute Gasteiger partial charge is 0.508 e. The smallest absolute Gasteiger partial charge is 0.115 e. The van der Waals surface area contributed by atoms with E-state index < -0.39 is 10.0 Å². The maximum Gasteiger partial charge on any atom is 0.115 e. The van der Waals surface area contributed by atoms with Gasteiger partial charge in [-0.05, 0) is 95.1 Å². The molecule has 0 saturated carbocycles. The lowest BCUT2D eigenvalue weighted by molar-refractivity contribution is 0.474. The van der Waals surface area contributed by atoms with Crippen LogP contribution in [0.15, 0.2) is 177 Å². The van der Waals surface area contributed by atoms with E-state index in [0.29, 0.717) is 0 Å². The van der Waals surface area contributed by atoms with Crippen molar-refractivity contribution in [1.82, 2.24) is 0 Å².